The Morgan fingerprint density at radius 1 is 1.24 bits per heavy atom. The van der Waals surface area contributed by atoms with E-state index in [2.05, 4.69) is 10.0 Å². The van der Waals surface area contributed by atoms with Gasteiger partial charge in [0, 0.05) is 19.6 Å². The molecule has 0 radical (unpaired) electrons. The van der Waals surface area contributed by atoms with Gasteiger partial charge in [-0.3, -0.25) is 0 Å². The lowest BCUT2D eigenvalue weighted by Gasteiger charge is -2.26. The van der Waals surface area contributed by atoms with Gasteiger partial charge in [0.1, 0.15) is 0 Å². The number of nitrogens with zero attached hydrogens (tertiary/aromatic N) is 1. The van der Waals surface area contributed by atoms with Crippen molar-refractivity contribution in [3.63, 3.8) is 0 Å². The Morgan fingerprint density at radius 3 is 2.53 bits per heavy atom. The van der Waals surface area contributed by atoms with E-state index in [0.717, 1.165) is 38.8 Å². The van der Waals surface area contributed by atoms with Crippen molar-refractivity contribution in [3.8, 4) is 0 Å². The molecular formula is C10H22ClN3O2S. The fourth-order valence-corrected chi connectivity index (χ4v) is 3.68. The number of hydrogen-bond donors (Lipinski definition) is 2. The van der Waals surface area contributed by atoms with Gasteiger partial charge in [-0.1, -0.05) is 6.42 Å². The molecule has 102 valence electrons. The molecule has 1 atom stereocenters. The van der Waals surface area contributed by atoms with Crippen LogP contribution in [0, 0.1) is 5.92 Å². The standard InChI is InChI=1S/C10H21N3O2S.ClH/c14-16(15,13-6-2-1-3-7-13)12-9-10-4-5-11-8-10;/h10-12H,1-9H2;1H. The van der Waals surface area contributed by atoms with E-state index in [1.807, 2.05) is 0 Å². The van der Waals surface area contributed by atoms with E-state index >= 15 is 0 Å². The van der Waals surface area contributed by atoms with Gasteiger partial charge in [-0.2, -0.15) is 12.7 Å². The Balaban J connectivity index is 0.00000144. The molecule has 2 heterocycles. The monoisotopic (exact) mass is 283 g/mol. The predicted molar refractivity (Wildman–Crippen MR) is 70.6 cm³/mol. The molecule has 7 heteroatoms. The van der Waals surface area contributed by atoms with Crippen LogP contribution in [-0.4, -0.2) is 45.4 Å². The summed E-state index contributed by atoms with van der Waals surface area (Å²) in [5, 5.41) is 3.24. The number of halogens is 1. The summed E-state index contributed by atoms with van der Waals surface area (Å²) in [7, 11) is -3.22. The molecule has 0 aromatic rings. The molecule has 2 N–H and O–H groups in total. The van der Waals surface area contributed by atoms with Crippen LogP contribution >= 0.6 is 12.4 Å². The van der Waals surface area contributed by atoms with E-state index in [4.69, 9.17) is 0 Å². The van der Waals surface area contributed by atoms with Crippen LogP contribution < -0.4 is 10.0 Å². The molecule has 2 aliphatic heterocycles. The van der Waals surface area contributed by atoms with Gasteiger partial charge in [0.15, 0.2) is 0 Å². The van der Waals surface area contributed by atoms with Gasteiger partial charge in [0.2, 0.25) is 0 Å². The SMILES string of the molecule is Cl.O=S(=O)(NCC1CCNC1)N1CCCCC1. The van der Waals surface area contributed by atoms with Gasteiger partial charge in [-0.15, -0.1) is 12.4 Å². The average molecular weight is 284 g/mol. The number of hydrogen-bond acceptors (Lipinski definition) is 3. The predicted octanol–water partition coefficient (Wildman–Crippen LogP) is 0.338. The summed E-state index contributed by atoms with van der Waals surface area (Å²) in [6.07, 6.45) is 4.21. The van der Waals surface area contributed by atoms with E-state index in [-0.39, 0.29) is 12.4 Å². The van der Waals surface area contributed by atoms with E-state index in [1.54, 1.807) is 4.31 Å². The van der Waals surface area contributed by atoms with Crippen LogP contribution in [0.2, 0.25) is 0 Å². The molecule has 0 spiro atoms. The minimum atomic E-state index is -3.22. The maximum absolute atomic E-state index is 11.9. The van der Waals surface area contributed by atoms with E-state index in [1.165, 1.54) is 0 Å². The molecule has 0 amide bonds. The minimum Gasteiger partial charge on any atom is -0.316 e. The topological polar surface area (TPSA) is 61.4 Å². The molecule has 2 aliphatic rings. The molecule has 0 saturated carbocycles. The van der Waals surface area contributed by atoms with Crippen LogP contribution in [0.5, 0.6) is 0 Å². The van der Waals surface area contributed by atoms with Crippen molar-refractivity contribution in [2.75, 3.05) is 32.7 Å². The highest BCUT2D eigenvalue weighted by Gasteiger charge is 2.25. The van der Waals surface area contributed by atoms with E-state index in [0.29, 0.717) is 25.6 Å². The summed E-state index contributed by atoms with van der Waals surface area (Å²) in [6, 6.07) is 0. The third-order valence-electron chi connectivity index (χ3n) is 3.37. The fourth-order valence-electron chi connectivity index (χ4n) is 2.31. The highest BCUT2D eigenvalue weighted by atomic mass is 35.5. The largest absolute Gasteiger partial charge is 0.316 e. The maximum Gasteiger partial charge on any atom is 0.279 e. The van der Waals surface area contributed by atoms with Crippen molar-refractivity contribution in [2.45, 2.75) is 25.7 Å². The Bertz CT molecular complexity index is 312. The quantitative estimate of drug-likeness (QED) is 0.782. The summed E-state index contributed by atoms with van der Waals surface area (Å²) < 4.78 is 28.2. The summed E-state index contributed by atoms with van der Waals surface area (Å²) in [4.78, 5) is 0. The second-order valence-corrected chi connectivity index (χ2v) is 6.43. The maximum atomic E-state index is 11.9. The van der Waals surface area contributed by atoms with Gasteiger partial charge < -0.3 is 5.32 Å². The second-order valence-electron chi connectivity index (χ2n) is 4.67. The number of piperidine rings is 1. The molecule has 0 aromatic heterocycles. The van der Waals surface area contributed by atoms with Crippen molar-refractivity contribution in [2.24, 2.45) is 5.92 Å². The molecule has 2 fully saturated rings. The van der Waals surface area contributed by atoms with Crippen LogP contribution in [0.3, 0.4) is 0 Å². The Kier molecular flexibility index (Phi) is 6.16. The van der Waals surface area contributed by atoms with Gasteiger partial charge in [-0.25, -0.2) is 4.72 Å². The third kappa shape index (κ3) is 4.37. The molecular weight excluding hydrogens is 262 g/mol. The lowest BCUT2D eigenvalue weighted by atomic mass is 10.1. The molecule has 2 rings (SSSR count). The van der Waals surface area contributed by atoms with Gasteiger partial charge in [0.05, 0.1) is 0 Å². The van der Waals surface area contributed by atoms with Gasteiger partial charge in [-0.05, 0) is 38.3 Å². The fraction of sp³-hybridized carbons (Fsp3) is 1.00. The first kappa shape index (κ1) is 15.2. The van der Waals surface area contributed by atoms with Gasteiger partial charge in [0.25, 0.3) is 10.2 Å². The molecule has 0 aromatic carbocycles. The Labute approximate surface area is 110 Å². The zero-order chi connectivity index (χ0) is 11.4. The molecule has 17 heavy (non-hydrogen) atoms. The summed E-state index contributed by atoms with van der Waals surface area (Å²) >= 11 is 0. The Hall–Kier alpha value is 0.120. The summed E-state index contributed by atoms with van der Waals surface area (Å²) in [6.45, 7) is 3.88. The zero-order valence-corrected chi connectivity index (χ0v) is 11.7. The van der Waals surface area contributed by atoms with Crippen LogP contribution in [-0.2, 0) is 10.2 Å². The molecule has 2 saturated heterocycles. The van der Waals surface area contributed by atoms with Crippen LogP contribution in [0.25, 0.3) is 0 Å². The second kappa shape index (κ2) is 6.89. The smallest absolute Gasteiger partial charge is 0.279 e. The van der Waals surface area contributed by atoms with Crippen LogP contribution in [0.4, 0.5) is 0 Å². The zero-order valence-electron chi connectivity index (χ0n) is 10.0. The first-order valence-corrected chi connectivity index (χ1v) is 7.58. The van der Waals surface area contributed by atoms with Crippen LogP contribution in [0.15, 0.2) is 0 Å². The molecule has 0 bridgehead atoms. The average Bonchev–Trinajstić information content (AvgIpc) is 2.81. The first-order valence-electron chi connectivity index (χ1n) is 6.14. The number of rotatable bonds is 4. The first-order chi connectivity index (χ1) is 7.68. The van der Waals surface area contributed by atoms with E-state index < -0.39 is 10.2 Å². The molecule has 0 aliphatic carbocycles. The third-order valence-corrected chi connectivity index (χ3v) is 4.95. The highest BCUT2D eigenvalue weighted by molar-refractivity contribution is 7.87. The van der Waals surface area contributed by atoms with Crippen molar-refractivity contribution in [1.29, 1.82) is 0 Å². The van der Waals surface area contributed by atoms with Crippen molar-refractivity contribution in [1.82, 2.24) is 14.3 Å². The van der Waals surface area contributed by atoms with Gasteiger partial charge >= 0.3 is 0 Å². The van der Waals surface area contributed by atoms with E-state index in [9.17, 15) is 8.42 Å². The van der Waals surface area contributed by atoms with Crippen LogP contribution in [0.1, 0.15) is 25.7 Å². The molecule has 5 nitrogen and oxygen atoms in total. The molecule has 1 unspecified atom stereocenters. The van der Waals surface area contributed by atoms with Crippen molar-refractivity contribution in [3.05, 3.63) is 0 Å². The minimum absolute atomic E-state index is 0. The summed E-state index contributed by atoms with van der Waals surface area (Å²) in [5.41, 5.74) is 0. The normalized spacial score (nSPS) is 26.7. The number of nitrogens with one attached hydrogen (secondary N) is 2. The van der Waals surface area contributed by atoms with Crippen molar-refractivity contribution < 1.29 is 8.42 Å². The summed E-state index contributed by atoms with van der Waals surface area (Å²) in [5.74, 6) is 0.458. The Morgan fingerprint density at radius 2 is 1.94 bits per heavy atom. The van der Waals surface area contributed by atoms with Crippen molar-refractivity contribution >= 4 is 22.6 Å². The highest BCUT2D eigenvalue weighted by Crippen LogP contribution is 2.13. The lowest BCUT2D eigenvalue weighted by molar-refractivity contribution is 0.340. The lowest BCUT2D eigenvalue weighted by Crippen LogP contribution is -2.44.